The number of nitrogens with one attached hydrogen (secondary N) is 1. The molecule has 0 bridgehead atoms. The second kappa shape index (κ2) is 8.38. The van der Waals surface area contributed by atoms with Gasteiger partial charge in [0.05, 0.1) is 10.7 Å². The minimum Gasteiger partial charge on any atom is -0.350 e. The number of hydrogen-bond acceptors (Lipinski definition) is 4. The first-order chi connectivity index (χ1) is 14.5. The lowest BCUT2D eigenvalue weighted by atomic mass is 10.1. The van der Waals surface area contributed by atoms with Gasteiger partial charge >= 0.3 is 0 Å². The number of anilines is 2. The molecule has 0 spiro atoms. The number of nitrogens with zero attached hydrogens (tertiary/aromatic N) is 1. The van der Waals surface area contributed by atoms with Gasteiger partial charge in [0.1, 0.15) is 10.6 Å². The lowest BCUT2D eigenvalue weighted by Crippen LogP contribution is -2.32. The smallest absolute Gasteiger partial charge is 0.283 e. The lowest BCUT2D eigenvalue weighted by Gasteiger charge is -2.16. The predicted molar refractivity (Wildman–Crippen MR) is 123 cm³/mol. The van der Waals surface area contributed by atoms with Crippen LogP contribution in [0.3, 0.4) is 0 Å². The molecule has 1 heterocycles. The Hall–Kier alpha value is -3.02. The molecule has 4 nitrogen and oxygen atoms in total. The Bertz CT molecular complexity index is 1170. The number of halogens is 1. The Kier molecular flexibility index (Phi) is 5.66. The Morgan fingerprint density at radius 2 is 1.53 bits per heavy atom. The van der Waals surface area contributed by atoms with Crippen molar-refractivity contribution >= 4 is 46.6 Å². The van der Waals surface area contributed by atoms with Gasteiger partial charge in [-0.15, -0.1) is 0 Å². The molecule has 150 valence electrons. The van der Waals surface area contributed by atoms with Crippen LogP contribution in [-0.2, 0) is 9.59 Å². The van der Waals surface area contributed by atoms with Gasteiger partial charge in [-0.1, -0.05) is 59.8 Å². The summed E-state index contributed by atoms with van der Waals surface area (Å²) in [4.78, 5) is 29.0. The Morgan fingerprint density at radius 1 is 0.833 bits per heavy atom. The van der Waals surface area contributed by atoms with Crippen LogP contribution in [0.2, 0.25) is 5.02 Å². The molecule has 0 aromatic heterocycles. The molecule has 1 aliphatic rings. The average molecular weight is 435 g/mol. The zero-order chi connectivity index (χ0) is 21.3. The van der Waals surface area contributed by atoms with Crippen LogP contribution in [0.25, 0.3) is 0 Å². The maximum absolute atomic E-state index is 13.3. The van der Waals surface area contributed by atoms with Gasteiger partial charge in [-0.3, -0.25) is 9.59 Å². The summed E-state index contributed by atoms with van der Waals surface area (Å²) in [6, 6.07) is 22.2. The number of benzene rings is 3. The first-order valence-corrected chi connectivity index (χ1v) is 10.6. The highest BCUT2D eigenvalue weighted by atomic mass is 35.5. The first-order valence-electron chi connectivity index (χ1n) is 9.40. The molecule has 1 aliphatic heterocycles. The van der Waals surface area contributed by atoms with Gasteiger partial charge in [-0.05, 0) is 61.4 Å². The van der Waals surface area contributed by atoms with Crippen molar-refractivity contribution < 1.29 is 9.59 Å². The molecule has 0 saturated heterocycles. The fourth-order valence-corrected chi connectivity index (χ4v) is 4.30. The van der Waals surface area contributed by atoms with E-state index >= 15 is 0 Å². The zero-order valence-electron chi connectivity index (χ0n) is 16.5. The molecule has 0 unspecified atom stereocenters. The maximum atomic E-state index is 13.3. The van der Waals surface area contributed by atoms with E-state index in [0.717, 1.165) is 26.6 Å². The Balaban J connectivity index is 1.77. The van der Waals surface area contributed by atoms with Crippen LogP contribution in [0, 0.1) is 13.8 Å². The van der Waals surface area contributed by atoms with Crippen LogP contribution in [0.4, 0.5) is 11.4 Å². The summed E-state index contributed by atoms with van der Waals surface area (Å²) < 4.78 is 0. The second-order valence-corrected chi connectivity index (χ2v) is 8.43. The molecule has 0 aliphatic carbocycles. The predicted octanol–water partition coefficient (Wildman–Crippen LogP) is 5.95. The molecule has 0 saturated carbocycles. The highest BCUT2D eigenvalue weighted by Gasteiger charge is 2.41. The summed E-state index contributed by atoms with van der Waals surface area (Å²) in [6.07, 6.45) is 0. The van der Waals surface area contributed by atoms with E-state index in [9.17, 15) is 9.59 Å². The van der Waals surface area contributed by atoms with Crippen molar-refractivity contribution in [2.45, 2.75) is 18.7 Å². The molecule has 30 heavy (non-hydrogen) atoms. The van der Waals surface area contributed by atoms with Crippen LogP contribution in [0.5, 0.6) is 0 Å². The van der Waals surface area contributed by atoms with Crippen LogP contribution in [0.15, 0.2) is 88.3 Å². The second-order valence-electron chi connectivity index (χ2n) is 6.94. The van der Waals surface area contributed by atoms with Crippen LogP contribution < -0.4 is 10.2 Å². The number of imide groups is 1. The summed E-state index contributed by atoms with van der Waals surface area (Å²) in [5, 5.41) is 3.53. The van der Waals surface area contributed by atoms with E-state index in [1.807, 2.05) is 62.4 Å². The van der Waals surface area contributed by atoms with Gasteiger partial charge in [0.2, 0.25) is 0 Å². The normalized spacial score (nSPS) is 13.9. The molecular formula is C24H19ClN2O2S. The van der Waals surface area contributed by atoms with E-state index < -0.39 is 11.8 Å². The summed E-state index contributed by atoms with van der Waals surface area (Å²) in [7, 11) is 0. The number of amides is 2. The van der Waals surface area contributed by atoms with E-state index in [-0.39, 0.29) is 5.70 Å². The molecule has 0 atom stereocenters. The van der Waals surface area contributed by atoms with Crippen molar-refractivity contribution in [2.24, 2.45) is 0 Å². The molecule has 6 heteroatoms. The third-order valence-electron chi connectivity index (χ3n) is 4.87. The van der Waals surface area contributed by atoms with Crippen molar-refractivity contribution in [1.29, 1.82) is 0 Å². The number of para-hydroxylation sites is 1. The van der Waals surface area contributed by atoms with Crippen molar-refractivity contribution in [3.05, 3.63) is 99.5 Å². The summed E-state index contributed by atoms with van der Waals surface area (Å²) in [5.74, 6) is -0.821. The van der Waals surface area contributed by atoms with E-state index in [1.165, 1.54) is 11.8 Å². The molecule has 4 rings (SSSR count). The van der Waals surface area contributed by atoms with Crippen LogP contribution in [0.1, 0.15) is 11.1 Å². The fourth-order valence-electron chi connectivity index (χ4n) is 3.14. The molecule has 2 amide bonds. The van der Waals surface area contributed by atoms with Crippen molar-refractivity contribution in [2.75, 3.05) is 10.2 Å². The third-order valence-corrected chi connectivity index (χ3v) is 6.28. The number of thioether (sulfide) groups is 1. The lowest BCUT2D eigenvalue weighted by molar-refractivity contribution is -0.120. The SMILES string of the molecule is Cc1ccc(NC2=C(Sc3ccccc3)C(=O)N(c3ccccc3Cl)C2=O)cc1C. The Labute approximate surface area is 184 Å². The van der Waals surface area contributed by atoms with Gasteiger partial charge in [-0.25, -0.2) is 4.90 Å². The zero-order valence-corrected chi connectivity index (χ0v) is 18.1. The van der Waals surface area contributed by atoms with Crippen molar-refractivity contribution in [3.8, 4) is 0 Å². The monoisotopic (exact) mass is 434 g/mol. The van der Waals surface area contributed by atoms with Crippen LogP contribution in [-0.4, -0.2) is 11.8 Å². The van der Waals surface area contributed by atoms with Crippen LogP contribution >= 0.6 is 23.4 Å². The molecule has 0 fully saturated rings. The summed E-state index contributed by atoms with van der Waals surface area (Å²) >= 11 is 7.56. The van der Waals surface area contributed by atoms with Crippen molar-refractivity contribution in [1.82, 2.24) is 0 Å². The highest BCUT2D eigenvalue weighted by molar-refractivity contribution is 8.04. The number of aryl methyl sites for hydroxylation is 2. The Morgan fingerprint density at radius 3 is 2.23 bits per heavy atom. The summed E-state index contributed by atoms with van der Waals surface area (Å²) in [6.45, 7) is 4.03. The number of rotatable bonds is 5. The standard InChI is InChI=1S/C24H19ClN2O2S/c1-15-12-13-17(14-16(15)2)26-21-22(30-18-8-4-3-5-9-18)24(29)27(23(21)28)20-11-7-6-10-19(20)25/h3-14,26H,1-2H3. The van der Waals surface area contributed by atoms with E-state index in [1.54, 1.807) is 24.3 Å². The minimum atomic E-state index is -0.426. The van der Waals surface area contributed by atoms with Gasteiger partial charge in [0, 0.05) is 10.6 Å². The molecule has 0 radical (unpaired) electrons. The number of carbonyl (C=O) groups is 2. The van der Waals surface area contributed by atoms with Gasteiger partial charge < -0.3 is 5.32 Å². The first kappa shape index (κ1) is 20.3. The van der Waals surface area contributed by atoms with E-state index in [2.05, 4.69) is 5.32 Å². The van der Waals surface area contributed by atoms with E-state index in [4.69, 9.17) is 11.6 Å². The number of hydrogen-bond donors (Lipinski definition) is 1. The topological polar surface area (TPSA) is 49.4 Å². The minimum absolute atomic E-state index is 0.247. The van der Waals surface area contributed by atoms with Gasteiger partial charge in [0.25, 0.3) is 11.8 Å². The number of carbonyl (C=O) groups excluding carboxylic acids is 2. The van der Waals surface area contributed by atoms with E-state index in [0.29, 0.717) is 15.6 Å². The molecular weight excluding hydrogens is 416 g/mol. The highest BCUT2D eigenvalue weighted by Crippen LogP contribution is 2.39. The largest absolute Gasteiger partial charge is 0.350 e. The van der Waals surface area contributed by atoms with Gasteiger partial charge in [-0.2, -0.15) is 0 Å². The molecule has 1 N–H and O–H groups in total. The molecule has 3 aromatic rings. The third kappa shape index (κ3) is 3.86. The quantitative estimate of drug-likeness (QED) is 0.504. The fraction of sp³-hybridized carbons (Fsp3) is 0.0833. The maximum Gasteiger partial charge on any atom is 0.283 e. The summed E-state index contributed by atoms with van der Waals surface area (Å²) in [5.41, 5.74) is 3.62. The van der Waals surface area contributed by atoms with Crippen molar-refractivity contribution in [3.63, 3.8) is 0 Å². The average Bonchev–Trinajstić information content (AvgIpc) is 2.96. The van der Waals surface area contributed by atoms with Gasteiger partial charge in [0.15, 0.2) is 0 Å². The molecule has 3 aromatic carbocycles.